The number of rotatable bonds is 4. The highest BCUT2D eigenvalue weighted by molar-refractivity contribution is 5.73. The Morgan fingerprint density at radius 1 is 1.16 bits per heavy atom. The van der Waals surface area contributed by atoms with Gasteiger partial charge in [-0.2, -0.15) is 20.1 Å². The summed E-state index contributed by atoms with van der Waals surface area (Å²) in [5.74, 6) is -0.324. The van der Waals surface area contributed by atoms with Crippen molar-refractivity contribution in [3.05, 3.63) is 86.9 Å². The number of para-hydroxylation sites is 1. The van der Waals surface area contributed by atoms with Gasteiger partial charge < -0.3 is 19.9 Å². The van der Waals surface area contributed by atoms with E-state index >= 15 is 0 Å². The summed E-state index contributed by atoms with van der Waals surface area (Å²) in [5.41, 5.74) is 9.17. The van der Waals surface area contributed by atoms with Gasteiger partial charge in [-0.15, -0.1) is 0 Å². The van der Waals surface area contributed by atoms with E-state index in [0.29, 0.717) is 28.4 Å². The summed E-state index contributed by atoms with van der Waals surface area (Å²) in [7, 11) is 1.77. The summed E-state index contributed by atoms with van der Waals surface area (Å²) in [6.45, 7) is 1.78. The molecule has 2 N–H and O–H groups in total. The number of allylic oxidation sites excluding steroid dienone is 1. The van der Waals surface area contributed by atoms with Crippen LogP contribution in [0.4, 0.5) is 5.69 Å². The molecule has 12 heteroatoms. The molecule has 0 bridgehead atoms. The van der Waals surface area contributed by atoms with Crippen LogP contribution in [0.1, 0.15) is 22.7 Å². The first-order valence-corrected chi connectivity index (χ1v) is 11.2. The summed E-state index contributed by atoms with van der Waals surface area (Å²) in [6, 6.07) is 16.0. The van der Waals surface area contributed by atoms with Crippen LogP contribution in [0.5, 0.6) is 17.4 Å². The predicted molar refractivity (Wildman–Crippen MR) is 129 cm³/mol. The first-order valence-electron chi connectivity index (χ1n) is 11.2. The van der Waals surface area contributed by atoms with E-state index in [1.165, 1.54) is 12.1 Å². The Kier molecular flexibility index (Phi) is 4.87. The number of aromatic nitrogens is 4. The Labute approximate surface area is 209 Å². The molecule has 4 heterocycles. The van der Waals surface area contributed by atoms with Gasteiger partial charge in [-0.25, -0.2) is 0 Å². The highest BCUT2D eigenvalue weighted by Gasteiger charge is 2.42. The molecule has 0 saturated carbocycles. The van der Waals surface area contributed by atoms with Gasteiger partial charge in [0.05, 0.1) is 39.5 Å². The van der Waals surface area contributed by atoms with Crippen molar-refractivity contribution in [1.82, 2.24) is 19.6 Å². The van der Waals surface area contributed by atoms with E-state index in [-0.39, 0.29) is 41.1 Å². The van der Waals surface area contributed by atoms with Gasteiger partial charge in [0.1, 0.15) is 17.3 Å². The van der Waals surface area contributed by atoms with Crippen molar-refractivity contribution >= 4 is 5.69 Å². The lowest BCUT2D eigenvalue weighted by Crippen LogP contribution is -2.22. The van der Waals surface area contributed by atoms with Crippen molar-refractivity contribution in [1.29, 1.82) is 5.26 Å². The molecule has 4 aromatic rings. The molecule has 0 saturated heterocycles. The minimum atomic E-state index is -0.980. The summed E-state index contributed by atoms with van der Waals surface area (Å²) >= 11 is 0. The third-order valence-corrected chi connectivity index (χ3v) is 6.32. The Morgan fingerprint density at radius 2 is 1.89 bits per heavy atom. The van der Waals surface area contributed by atoms with Crippen LogP contribution in [0, 0.1) is 28.4 Å². The normalized spacial score (nSPS) is 15.8. The molecule has 2 aliphatic rings. The monoisotopic (exact) mass is 497 g/mol. The highest BCUT2D eigenvalue weighted by atomic mass is 16.7. The minimum Gasteiger partial charge on any atom is -0.454 e. The second-order valence-corrected chi connectivity index (χ2v) is 8.56. The molecule has 184 valence electrons. The Morgan fingerprint density at radius 3 is 2.54 bits per heavy atom. The van der Waals surface area contributed by atoms with E-state index in [2.05, 4.69) is 11.2 Å². The number of nitro benzene ring substituents is 1. The molecule has 1 atom stereocenters. The van der Waals surface area contributed by atoms with Crippen LogP contribution >= 0.6 is 0 Å². The number of nitrogens with two attached hydrogens (primary N) is 1. The van der Waals surface area contributed by atoms with Gasteiger partial charge in [0.2, 0.25) is 18.6 Å². The van der Waals surface area contributed by atoms with Crippen LogP contribution < -0.4 is 19.9 Å². The van der Waals surface area contributed by atoms with Crippen LogP contribution in [0.25, 0.3) is 17.1 Å². The number of benzene rings is 2. The van der Waals surface area contributed by atoms with Gasteiger partial charge in [-0.1, -0.05) is 18.2 Å². The zero-order chi connectivity index (χ0) is 25.8. The first kappa shape index (κ1) is 22.2. The fraction of sp³-hybridized carbons (Fsp3) is 0.160. The minimum absolute atomic E-state index is 0.0159. The number of aryl methyl sites for hydroxylation is 2. The fourth-order valence-corrected chi connectivity index (χ4v) is 4.75. The topological polar surface area (TPSA) is 156 Å². The number of fused-ring (bicyclic) bond motifs is 2. The Bertz CT molecular complexity index is 1660. The van der Waals surface area contributed by atoms with Gasteiger partial charge in [-0.05, 0) is 31.2 Å². The van der Waals surface area contributed by atoms with Crippen LogP contribution in [-0.4, -0.2) is 31.3 Å². The maximum absolute atomic E-state index is 12.2. The lowest BCUT2D eigenvalue weighted by atomic mass is 9.82. The molecule has 0 amide bonds. The quantitative estimate of drug-likeness (QED) is 0.329. The molecule has 0 spiro atoms. The molecule has 2 aliphatic heterocycles. The molecule has 2 aromatic heterocycles. The van der Waals surface area contributed by atoms with E-state index in [0.717, 1.165) is 5.69 Å². The average molecular weight is 497 g/mol. The maximum atomic E-state index is 12.2. The van der Waals surface area contributed by atoms with Crippen LogP contribution in [0.15, 0.2) is 60.0 Å². The largest absolute Gasteiger partial charge is 0.454 e. The Balaban J connectivity index is 1.71. The van der Waals surface area contributed by atoms with E-state index in [4.69, 9.17) is 25.0 Å². The number of hydrogen-bond donors (Lipinski definition) is 1. The molecule has 1 unspecified atom stereocenters. The third-order valence-electron chi connectivity index (χ3n) is 6.32. The zero-order valence-electron chi connectivity index (χ0n) is 19.7. The van der Waals surface area contributed by atoms with Gasteiger partial charge >= 0.3 is 0 Å². The average Bonchev–Trinajstić information content (AvgIpc) is 3.58. The van der Waals surface area contributed by atoms with E-state index in [9.17, 15) is 15.4 Å². The highest BCUT2D eigenvalue weighted by Crippen LogP contribution is 2.51. The van der Waals surface area contributed by atoms with Crippen molar-refractivity contribution in [2.75, 3.05) is 6.79 Å². The van der Waals surface area contributed by atoms with Crippen molar-refractivity contribution in [2.24, 2.45) is 12.8 Å². The molecule has 37 heavy (non-hydrogen) atoms. The van der Waals surface area contributed by atoms with E-state index in [1.807, 2.05) is 43.3 Å². The fourth-order valence-electron chi connectivity index (χ4n) is 4.75. The first-order chi connectivity index (χ1) is 17.9. The lowest BCUT2D eigenvalue weighted by Gasteiger charge is -2.25. The number of nitrogens with zero attached hydrogens (tertiary/aromatic N) is 6. The van der Waals surface area contributed by atoms with Crippen molar-refractivity contribution in [2.45, 2.75) is 12.8 Å². The SMILES string of the molecule is Cc1cc(-c2nn(-c3ccccc3)c3c2C(c2cc4c(cc2[N+](=O)[O-])OCO4)C(C#N)=C(N)O3)n(C)n1. The zero-order valence-corrected chi connectivity index (χ0v) is 19.7. The van der Waals surface area contributed by atoms with E-state index in [1.54, 1.807) is 16.4 Å². The summed E-state index contributed by atoms with van der Waals surface area (Å²) in [5, 5.41) is 31.6. The van der Waals surface area contributed by atoms with Crippen molar-refractivity contribution in [3.8, 4) is 40.5 Å². The molecular weight excluding hydrogens is 478 g/mol. The summed E-state index contributed by atoms with van der Waals surface area (Å²) in [4.78, 5) is 11.7. The molecule has 12 nitrogen and oxygen atoms in total. The van der Waals surface area contributed by atoms with E-state index < -0.39 is 10.8 Å². The van der Waals surface area contributed by atoms with Gasteiger partial charge in [0, 0.05) is 12.6 Å². The second kappa shape index (κ2) is 8.13. The molecule has 6 rings (SSSR count). The molecule has 2 aromatic carbocycles. The second-order valence-electron chi connectivity index (χ2n) is 8.56. The van der Waals surface area contributed by atoms with Gasteiger partial charge in [-0.3, -0.25) is 14.8 Å². The predicted octanol–water partition coefficient (Wildman–Crippen LogP) is 3.44. The van der Waals surface area contributed by atoms with Crippen molar-refractivity contribution < 1.29 is 19.1 Å². The lowest BCUT2D eigenvalue weighted by molar-refractivity contribution is -0.385. The molecule has 0 aliphatic carbocycles. The van der Waals surface area contributed by atoms with Crippen LogP contribution in [-0.2, 0) is 7.05 Å². The number of ether oxygens (including phenoxy) is 3. The molecule has 0 fully saturated rings. The number of hydrogen-bond acceptors (Lipinski definition) is 9. The summed E-state index contributed by atoms with van der Waals surface area (Å²) in [6.07, 6.45) is 0. The third kappa shape index (κ3) is 3.36. The maximum Gasteiger partial charge on any atom is 0.277 e. The molecule has 0 radical (unpaired) electrons. The smallest absolute Gasteiger partial charge is 0.277 e. The Hall–Kier alpha value is -5.31. The number of nitriles is 1. The van der Waals surface area contributed by atoms with Crippen LogP contribution in [0.3, 0.4) is 0 Å². The number of nitro groups is 1. The van der Waals surface area contributed by atoms with Gasteiger partial charge in [0.15, 0.2) is 11.5 Å². The molecular formula is C25H19N7O5. The summed E-state index contributed by atoms with van der Waals surface area (Å²) < 4.78 is 20.1. The standard InChI is InChI=1S/C25H19N7O5/c1-13-8-18(30(2)28-13)23-22-21(15-9-19-20(36-12-35-19)10-17(15)32(33)34)16(11-26)24(27)37-25(22)31(29-23)14-6-4-3-5-7-14/h3-10,21H,12,27H2,1-2H3. The van der Waals surface area contributed by atoms with Gasteiger partial charge in [0.25, 0.3) is 5.69 Å². The van der Waals surface area contributed by atoms with Crippen LogP contribution in [0.2, 0.25) is 0 Å². The van der Waals surface area contributed by atoms with Crippen molar-refractivity contribution in [3.63, 3.8) is 0 Å².